The van der Waals surface area contributed by atoms with Gasteiger partial charge in [-0.2, -0.15) is 0 Å². The van der Waals surface area contributed by atoms with Gasteiger partial charge in [0.15, 0.2) is 0 Å². The highest BCUT2D eigenvalue weighted by molar-refractivity contribution is 5.90. The third kappa shape index (κ3) is 5.47. The van der Waals surface area contributed by atoms with Crippen molar-refractivity contribution in [3.63, 3.8) is 0 Å². The fourth-order valence-corrected chi connectivity index (χ4v) is 3.97. The summed E-state index contributed by atoms with van der Waals surface area (Å²) in [5.41, 5.74) is 0.136. The molecule has 158 valence electrons. The first-order valence-electron chi connectivity index (χ1n) is 10.4. The Balaban J connectivity index is 1.72. The van der Waals surface area contributed by atoms with E-state index in [4.69, 9.17) is 0 Å². The van der Waals surface area contributed by atoms with Crippen LogP contribution in [-0.4, -0.2) is 46.2 Å². The minimum absolute atomic E-state index is 0.0100. The number of carbonyl (C=O) groups is 3. The van der Waals surface area contributed by atoms with Gasteiger partial charge in [0.05, 0.1) is 5.92 Å². The summed E-state index contributed by atoms with van der Waals surface area (Å²) in [6, 6.07) is 3.50. The number of likely N-dealkylation sites (tertiary alicyclic amines) is 1. The molecule has 2 N–H and O–H groups in total. The van der Waals surface area contributed by atoms with E-state index < -0.39 is 5.54 Å². The maximum atomic E-state index is 12.9. The topological polar surface area (TPSA) is 91.4 Å². The van der Waals surface area contributed by atoms with E-state index in [1.54, 1.807) is 29.3 Å². The van der Waals surface area contributed by atoms with Crippen molar-refractivity contribution >= 4 is 23.5 Å². The van der Waals surface area contributed by atoms with Crippen molar-refractivity contribution in [2.75, 3.05) is 18.4 Å². The molecule has 0 aromatic carbocycles. The van der Waals surface area contributed by atoms with Crippen molar-refractivity contribution in [1.82, 2.24) is 15.2 Å². The quantitative estimate of drug-likeness (QED) is 0.577. The van der Waals surface area contributed by atoms with Gasteiger partial charge in [-0.3, -0.25) is 14.4 Å². The average molecular weight is 409 g/mol. The van der Waals surface area contributed by atoms with Gasteiger partial charge in [0, 0.05) is 38.2 Å². The van der Waals surface area contributed by atoms with E-state index in [-0.39, 0.29) is 30.1 Å². The summed E-state index contributed by atoms with van der Waals surface area (Å²) in [5.74, 6) is 6.26. The maximum absolute atomic E-state index is 12.9. The van der Waals surface area contributed by atoms with Gasteiger partial charge in [0.2, 0.25) is 17.7 Å². The lowest BCUT2D eigenvalue weighted by molar-refractivity contribution is -0.129. The van der Waals surface area contributed by atoms with Gasteiger partial charge in [-0.05, 0) is 25.0 Å². The van der Waals surface area contributed by atoms with Gasteiger partial charge in [-0.15, -0.1) is 6.58 Å². The van der Waals surface area contributed by atoms with E-state index in [1.807, 2.05) is 0 Å². The predicted molar refractivity (Wildman–Crippen MR) is 114 cm³/mol. The van der Waals surface area contributed by atoms with Crippen LogP contribution in [0.15, 0.2) is 31.0 Å². The number of anilines is 1. The second-order valence-corrected chi connectivity index (χ2v) is 7.98. The van der Waals surface area contributed by atoms with E-state index >= 15 is 0 Å². The zero-order valence-corrected chi connectivity index (χ0v) is 17.4. The summed E-state index contributed by atoms with van der Waals surface area (Å²) in [5, 5.41) is 5.80. The first-order valence-corrected chi connectivity index (χ1v) is 10.4. The van der Waals surface area contributed by atoms with Crippen LogP contribution in [0.2, 0.25) is 0 Å². The van der Waals surface area contributed by atoms with Crippen molar-refractivity contribution in [3.8, 4) is 11.8 Å². The lowest BCUT2D eigenvalue weighted by atomic mass is 9.81. The van der Waals surface area contributed by atoms with Crippen LogP contribution in [-0.2, 0) is 14.4 Å². The highest BCUT2D eigenvalue weighted by Crippen LogP contribution is 2.29. The van der Waals surface area contributed by atoms with Gasteiger partial charge in [-0.1, -0.05) is 37.2 Å². The van der Waals surface area contributed by atoms with Crippen molar-refractivity contribution in [1.29, 1.82) is 0 Å². The molecular weight excluding hydrogens is 380 g/mol. The molecule has 7 heteroatoms. The molecule has 1 atom stereocenters. The number of nitrogens with one attached hydrogen (secondary N) is 2. The maximum Gasteiger partial charge on any atom is 0.226 e. The van der Waals surface area contributed by atoms with Gasteiger partial charge >= 0.3 is 0 Å². The average Bonchev–Trinajstić information content (AvgIpc) is 3.09. The van der Waals surface area contributed by atoms with E-state index in [2.05, 4.69) is 34.0 Å². The number of amides is 3. The number of hydrogen-bond donors (Lipinski definition) is 2. The molecular formula is C23H28N4O3. The molecule has 3 amide bonds. The highest BCUT2D eigenvalue weighted by Gasteiger charge is 2.38. The molecule has 2 fully saturated rings. The van der Waals surface area contributed by atoms with Crippen LogP contribution in [0, 0.1) is 17.8 Å². The summed E-state index contributed by atoms with van der Waals surface area (Å²) in [7, 11) is 0. The normalized spacial score (nSPS) is 20.1. The first-order chi connectivity index (χ1) is 14.4. The zero-order chi connectivity index (χ0) is 21.6. The van der Waals surface area contributed by atoms with Crippen molar-refractivity contribution in [3.05, 3.63) is 36.5 Å². The Hall–Kier alpha value is -3.14. The van der Waals surface area contributed by atoms with Crippen LogP contribution >= 0.6 is 0 Å². The van der Waals surface area contributed by atoms with E-state index in [0.717, 1.165) is 37.7 Å². The Morgan fingerprint density at radius 3 is 2.73 bits per heavy atom. The molecule has 1 saturated heterocycles. The van der Waals surface area contributed by atoms with Crippen molar-refractivity contribution in [2.45, 2.75) is 51.0 Å². The molecule has 2 heterocycles. The Morgan fingerprint density at radius 2 is 2.10 bits per heavy atom. The van der Waals surface area contributed by atoms with Crippen LogP contribution < -0.4 is 10.6 Å². The number of pyridine rings is 1. The molecule has 1 aromatic rings. The van der Waals surface area contributed by atoms with E-state index in [1.165, 1.54) is 6.92 Å². The molecule has 30 heavy (non-hydrogen) atoms. The summed E-state index contributed by atoms with van der Waals surface area (Å²) in [4.78, 5) is 42.0. The summed E-state index contributed by atoms with van der Waals surface area (Å²) in [6.07, 6.45) is 8.23. The Kier molecular flexibility index (Phi) is 6.88. The number of aromatic nitrogens is 1. The zero-order valence-electron chi connectivity index (χ0n) is 17.4. The fraction of sp³-hybridized carbons (Fsp3) is 0.478. The molecule has 2 aliphatic rings. The predicted octanol–water partition coefficient (Wildman–Crippen LogP) is 2.25. The standard InChI is InChI=1S/C23H28N4O3/c1-3-13-27-16-19(14-21(27)29)22(30)26-23(10-5-4-6-11-23)12-9-18-7-8-20(24-15-18)25-17(2)28/h3,7-8,15,19H,1,4-6,10-11,13-14,16H2,2H3,(H,26,30)(H,24,25,28). The largest absolute Gasteiger partial charge is 0.339 e. The number of rotatable bonds is 5. The fourth-order valence-electron chi connectivity index (χ4n) is 3.97. The summed E-state index contributed by atoms with van der Waals surface area (Å²) in [6.45, 7) is 5.99. The van der Waals surface area contributed by atoms with Crippen LogP contribution in [0.25, 0.3) is 0 Å². The van der Waals surface area contributed by atoms with Crippen LogP contribution in [0.4, 0.5) is 5.82 Å². The third-order valence-electron chi connectivity index (χ3n) is 5.52. The lowest BCUT2D eigenvalue weighted by Crippen LogP contribution is -2.51. The van der Waals surface area contributed by atoms with E-state index in [0.29, 0.717) is 18.9 Å². The molecule has 0 radical (unpaired) electrons. The number of hydrogen-bond acceptors (Lipinski definition) is 4. The second-order valence-electron chi connectivity index (χ2n) is 7.98. The van der Waals surface area contributed by atoms with Crippen molar-refractivity contribution < 1.29 is 14.4 Å². The first kappa shape index (κ1) is 21.6. The Labute approximate surface area is 177 Å². The molecule has 0 bridgehead atoms. The molecule has 7 nitrogen and oxygen atoms in total. The van der Waals surface area contributed by atoms with Crippen LogP contribution in [0.1, 0.15) is 51.0 Å². The molecule has 1 saturated carbocycles. The smallest absolute Gasteiger partial charge is 0.226 e. The van der Waals surface area contributed by atoms with Gasteiger partial charge in [0.25, 0.3) is 0 Å². The third-order valence-corrected chi connectivity index (χ3v) is 5.52. The second kappa shape index (κ2) is 9.57. The van der Waals surface area contributed by atoms with Crippen molar-refractivity contribution in [2.24, 2.45) is 5.92 Å². The van der Waals surface area contributed by atoms with Crippen LogP contribution in [0.3, 0.4) is 0 Å². The van der Waals surface area contributed by atoms with E-state index in [9.17, 15) is 14.4 Å². The summed E-state index contributed by atoms with van der Waals surface area (Å²) < 4.78 is 0. The molecule has 1 aliphatic carbocycles. The molecule has 0 spiro atoms. The number of carbonyl (C=O) groups excluding carboxylic acids is 3. The molecule has 3 rings (SSSR count). The van der Waals surface area contributed by atoms with Gasteiger partial charge in [-0.25, -0.2) is 4.98 Å². The monoisotopic (exact) mass is 408 g/mol. The Morgan fingerprint density at radius 1 is 1.33 bits per heavy atom. The molecule has 1 unspecified atom stereocenters. The SMILES string of the molecule is C=CCN1CC(C(=O)NC2(C#Cc3ccc(NC(C)=O)nc3)CCCCC2)CC1=O. The number of nitrogens with zero attached hydrogens (tertiary/aromatic N) is 2. The molecule has 1 aliphatic heterocycles. The lowest BCUT2D eigenvalue weighted by Gasteiger charge is -2.34. The van der Waals surface area contributed by atoms with Gasteiger partial charge < -0.3 is 15.5 Å². The molecule has 1 aromatic heterocycles. The Bertz CT molecular complexity index is 876. The minimum atomic E-state index is -0.583. The van der Waals surface area contributed by atoms with Crippen LogP contribution in [0.5, 0.6) is 0 Å². The minimum Gasteiger partial charge on any atom is -0.339 e. The highest BCUT2D eigenvalue weighted by atomic mass is 16.2. The van der Waals surface area contributed by atoms with Gasteiger partial charge in [0.1, 0.15) is 11.4 Å². The summed E-state index contributed by atoms with van der Waals surface area (Å²) >= 11 is 0.